The number of hydrogen-bond donors (Lipinski definition) is 2. The Morgan fingerprint density at radius 3 is 3.05 bits per heavy atom. The van der Waals surface area contributed by atoms with Gasteiger partial charge in [0.05, 0.1) is 6.61 Å². The first kappa shape index (κ1) is 13.0. The highest BCUT2D eigenvalue weighted by Crippen LogP contribution is 2.10. The number of hydrogen-bond acceptors (Lipinski definition) is 5. The Morgan fingerprint density at radius 1 is 1.53 bits per heavy atom. The lowest BCUT2D eigenvalue weighted by molar-refractivity contribution is 0.0932. The van der Waals surface area contributed by atoms with Crippen molar-refractivity contribution in [3.8, 4) is 5.88 Å². The summed E-state index contributed by atoms with van der Waals surface area (Å²) >= 11 is 0. The van der Waals surface area contributed by atoms with Gasteiger partial charge in [-0.05, 0) is 12.1 Å². The van der Waals surface area contributed by atoms with Crippen LogP contribution in [0.15, 0.2) is 29.2 Å². The molecular formula is C12H13N3O4. The van der Waals surface area contributed by atoms with Crippen LogP contribution < -0.4 is 10.9 Å². The van der Waals surface area contributed by atoms with Gasteiger partial charge in [0.25, 0.3) is 11.5 Å². The maximum Gasteiger partial charge on any atom is 0.274 e. The molecule has 0 saturated carbocycles. The molecule has 0 radical (unpaired) electrons. The van der Waals surface area contributed by atoms with Crippen LogP contribution in [0.25, 0.3) is 5.65 Å². The van der Waals surface area contributed by atoms with E-state index in [0.29, 0.717) is 6.61 Å². The number of carbonyl (C=O) groups excluding carboxylic acids is 1. The van der Waals surface area contributed by atoms with E-state index >= 15 is 0 Å². The molecule has 7 heteroatoms. The average molecular weight is 263 g/mol. The van der Waals surface area contributed by atoms with Crippen molar-refractivity contribution in [2.75, 3.05) is 20.3 Å². The maximum atomic E-state index is 12.1. The predicted octanol–water partition coefficient (Wildman–Crippen LogP) is -0.224. The van der Waals surface area contributed by atoms with Gasteiger partial charge in [0.15, 0.2) is 5.56 Å². The molecule has 0 bridgehead atoms. The number of nitrogens with one attached hydrogen (secondary N) is 1. The second-order valence-electron chi connectivity index (χ2n) is 3.79. The molecule has 0 aliphatic heterocycles. The van der Waals surface area contributed by atoms with E-state index in [1.54, 1.807) is 18.2 Å². The summed E-state index contributed by atoms with van der Waals surface area (Å²) in [5.74, 6) is -1.25. The van der Waals surface area contributed by atoms with E-state index in [0.717, 1.165) is 0 Å². The first-order valence-electron chi connectivity index (χ1n) is 5.62. The van der Waals surface area contributed by atoms with Gasteiger partial charge in [-0.2, -0.15) is 4.98 Å². The first-order chi connectivity index (χ1) is 9.15. The van der Waals surface area contributed by atoms with Gasteiger partial charge in [0, 0.05) is 19.9 Å². The van der Waals surface area contributed by atoms with Gasteiger partial charge in [-0.15, -0.1) is 0 Å². The molecule has 1 amide bonds. The zero-order valence-corrected chi connectivity index (χ0v) is 10.3. The Bertz CT molecular complexity index is 666. The number of carbonyl (C=O) groups is 1. The van der Waals surface area contributed by atoms with Crippen molar-refractivity contribution in [1.29, 1.82) is 0 Å². The minimum Gasteiger partial charge on any atom is -0.493 e. The van der Waals surface area contributed by atoms with Gasteiger partial charge in [-0.3, -0.25) is 14.0 Å². The highest BCUT2D eigenvalue weighted by Gasteiger charge is 2.18. The van der Waals surface area contributed by atoms with Gasteiger partial charge in [-0.25, -0.2) is 0 Å². The van der Waals surface area contributed by atoms with Gasteiger partial charge >= 0.3 is 0 Å². The van der Waals surface area contributed by atoms with Gasteiger partial charge in [0.2, 0.25) is 5.88 Å². The SMILES string of the molecule is COCCNC(=O)c1c(O)nc2ccccn2c1=O. The minimum absolute atomic E-state index is 0.242. The normalized spacial score (nSPS) is 10.6. The molecule has 0 spiro atoms. The van der Waals surface area contributed by atoms with Gasteiger partial charge in [-0.1, -0.05) is 6.07 Å². The Labute approximate surface area is 108 Å². The van der Waals surface area contributed by atoms with Crippen molar-refractivity contribution in [2.45, 2.75) is 0 Å². The number of nitrogens with zero attached hydrogens (tertiary/aromatic N) is 2. The van der Waals surface area contributed by atoms with E-state index in [9.17, 15) is 14.7 Å². The van der Waals surface area contributed by atoms with Crippen LogP contribution in [-0.4, -0.2) is 40.7 Å². The fourth-order valence-corrected chi connectivity index (χ4v) is 1.63. The molecule has 0 atom stereocenters. The van der Waals surface area contributed by atoms with E-state index in [1.807, 2.05) is 0 Å². The summed E-state index contributed by atoms with van der Waals surface area (Å²) in [5.41, 5.74) is -0.712. The molecule has 2 N–H and O–H groups in total. The molecule has 100 valence electrons. The first-order valence-corrected chi connectivity index (χ1v) is 5.62. The summed E-state index contributed by atoms with van der Waals surface area (Å²) in [6.45, 7) is 0.556. The van der Waals surface area contributed by atoms with E-state index < -0.39 is 17.3 Å². The quantitative estimate of drug-likeness (QED) is 0.744. The van der Waals surface area contributed by atoms with Crippen LogP contribution in [0.4, 0.5) is 0 Å². The molecule has 0 aliphatic rings. The average Bonchev–Trinajstić information content (AvgIpc) is 2.39. The number of pyridine rings is 1. The molecule has 2 rings (SSSR count). The van der Waals surface area contributed by atoms with Crippen molar-refractivity contribution in [1.82, 2.24) is 14.7 Å². The van der Waals surface area contributed by atoms with Crippen LogP contribution in [-0.2, 0) is 4.74 Å². The number of ether oxygens (including phenoxy) is 1. The summed E-state index contributed by atoms with van der Waals surface area (Å²) < 4.78 is 5.98. The van der Waals surface area contributed by atoms with Crippen LogP contribution in [0.3, 0.4) is 0 Å². The van der Waals surface area contributed by atoms with Crippen molar-refractivity contribution in [3.63, 3.8) is 0 Å². The van der Waals surface area contributed by atoms with E-state index in [-0.39, 0.29) is 17.8 Å². The van der Waals surface area contributed by atoms with Crippen molar-refractivity contribution >= 4 is 11.6 Å². The number of rotatable bonds is 4. The third-order valence-electron chi connectivity index (χ3n) is 2.53. The second-order valence-corrected chi connectivity index (χ2v) is 3.79. The van der Waals surface area contributed by atoms with E-state index in [2.05, 4.69) is 10.3 Å². The zero-order valence-electron chi connectivity index (χ0n) is 10.3. The van der Waals surface area contributed by atoms with Crippen LogP contribution in [0.5, 0.6) is 5.88 Å². The topological polar surface area (TPSA) is 92.9 Å². The Balaban J connectivity index is 2.43. The van der Waals surface area contributed by atoms with E-state index in [4.69, 9.17) is 4.74 Å². The molecule has 19 heavy (non-hydrogen) atoms. The molecule has 0 saturated heterocycles. The lowest BCUT2D eigenvalue weighted by Crippen LogP contribution is -2.33. The number of aromatic hydroxyl groups is 1. The monoisotopic (exact) mass is 263 g/mol. The van der Waals surface area contributed by atoms with Crippen LogP contribution >= 0.6 is 0 Å². The summed E-state index contributed by atoms with van der Waals surface area (Å²) in [6, 6.07) is 4.88. The fourth-order valence-electron chi connectivity index (χ4n) is 1.63. The fraction of sp³-hybridized carbons (Fsp3) is 0.250. The largest absolute Gasteiger partial charge is 0.493 e. The molecular weight excluding hydrogens is 250 g/mol. The van der Waals surface area contributed by atoms with Gasteiger partial charge in [0.1, 0.15) is 5.65 Å². The van der Waals surface area contributed by atoms with Crippen molar-refractivity contribution in [2.24, 2.45) is 0 Å². The lowest BCUT2D eigenvalue weighted by Gasteiger charge is -2.07. The standard InChI is InChI=1S/C12H13N3O4/c1-19-7-5-13-10(16)9-11(17)14-8-4-2-3-6-15(8)12(9)18/h2-4,6,17H,5,7H2,1H3,(H,13,16). The summed E-state index contributed by atoms with van der Waals surface area (Å²) in [5, 5.41) is 12.2. The lowest BCUT2D eigenvalue weighted by atomic mass is 10.3. The maximum absolute atomic E-state index is 12.1. The molecule has 0 unspecified atom stereocenters. The van der Waals surface area contributed by atoms with Gasteiger partial charge < -0.3 is 15.2 Å². The number of fused-ring (bicyclic) bond motifs is 1. The highest BCUT2D eigenvalue weighted by molar-refractivity contribution is 5.96. The molecule has 0 fully saturated rings. The van der Waals surface area contributed by atoms with Crippen LogP contribution in [0.1, 0.15) is 10.4 Å². The van der Waals surface area contributed by atoms with Crippen LogP contribution in [0, 0.1) is 0 Å². The molecule has 2 aromatic heterocycles. The molecule has 7 nitrogen and oxygen atoms in total. The van der Waals surface area contributed by atoms with E-state index in [1.165, 1.54) is 17.7 Å². The summed E-state index contributed by atoms with van der Waals surface area (Å²) in [7, 11) is 1.50. The minimum atomic E-state index is -0.676. The highest BCUT2D eigenvalue weighted by atomic mass is 16.5. The Kier molecular flexibility index (Phi) is 3.76. The predicted molar refractivity (Wildman–Crippen MR) is 67.3 cm³/mol. The van der Waals surface area contributed by atoms with Crippen molar-refractivity contribution in [3.05, 3.63) is 40.3 Å². The Morgan fingerprint density at radius 2 is 2.32 bits per heavy atom. The van der Waals surface area contributed by atoms with Crippen molar-refractivity contribution < 1.29 is 14.6 Å². The summed E-state index contributed by atoms with van der Waals surface area (Å²) in [4.78, 5) is 27.7. The molecule has 2 heterocycles. The van der Waals surface area contributed by atoms with Crippen LogP contribution in [0.2, 0.25) is 0 Å². The molecule has 0 aromatic carbocycles. The third-order valence-corrected chi connectivity index (χ3v) is 2.53. The zero-order chi connectivity index (χ0) is 13.8. The number of aromatic nitrogens is 2. The number of methoxy groups -OCH3 is 1. The summed E-state index contributed by atoms with van der Waals surface area (Å²) in [6.07, 6.45) is 1.48. The molecule has 2 aromatic rings. The third kappa shape index (κ3) is 2.55. The number of amides is 1. The smallest absolute Gasteiger partial charge is 0.274 e. The Hall–Kier alpha value is -2.41. The second kappa shape index (κ2) is 5.49. The molecule has 0 aliphatic carbocycles.